The van der Waals surface area contributed by atoms with Crippen molar-refractivity contribution in [1.82, 2.24) is 0 Å². The van der Waals surface area contributed by atoms with Crippen LogP contribution in [-0.4, -0.2) is 18.2 Å². The normalized spacial score (nSPS) is 12.0. The van der Waals surface area contributed by atoms with Crippen molar-refractivity contribution in [3.8, 4) is 0 Å². The molecule has 0 saturated carbocycles. The van der Waals surface area contributed by atoms with Crippen molar-refractivity contribution in [3.63, 3.8) is 0 Å². The Hall–Kier alpha value is -2.70. The lowest BCUT2D eigenvalue weighted by atomic mass is 9.99. The second-order valence-electron chi connectivity index (χ2n) is 6.98. The first kappa shape index (κ1) is 21.6. The number of benzene rings is 2. The van der Waals surface area contributed by atoms with Gasteiger partial charge in [-0.05, 0) is 36.6 Å². The van der Waals surface area contributed by atoms with E-state index >= 15 is 0 Å². The third-order valence-electron chi connectivity index (χ3n) is 4.12. The molecule has 0 bridgehead atoms. The first-order valence-electron chi connectivity index (χ1n) is 9.32. The van der Waals surface area contributed by atoms with Crippen LogP contribution in [0, 0.1) is 11.8 Å². The van der Waals surface area contributed by atoms with E-state index < -0.39 is 18.2 Å². The summed E-state index contributed by atoms with van der Waals surface area (Å²) in [6, 6.07) is 16.9. The molecule has 0 fully saturated rings. The van der Waals surface area contributed by atoms with Crippen molar-refractivity contribution in [2.45, 2.75) is 39.9 Å². The van der Waals surface area contributed by atoms with Crippen molar-refractivity contribution in [1.29, 1.82) is 0 Å². The van der Waals surface area contributed by atoms with Gasteiger partial charge in [0.1, 0.15) is 0 Å². The Bertz CT molecular complexity index is 674. The fourth-order valence-corrected chi connectivity index (χ4v) is 2.36. The summed E-state index contributed by atoms with van der Waals surface area (Å²) in [7, 11) is 0. The van der Waals surface area contributed by atoms with Crippen LogP contribution in [0.5, 0.6) is 0 Å². The van der Waals surface area contributed by atoms with Gasteiger partial charge in [-0.3, -0.25) is 9.78 Å². The highest BCUT2D eigenvalue weighted by molar-refractivity contribution is 5.89. The molecule has 0 aliphatic carbocycles. The first-order chi connectivity index (χ1) is 13.5. The molecule has 6 nitrogen and oxygen atoms in total. The molecule has 0 aromatic heterocycles. The molecule has 150 valence electrons. The van der Waals surface area contributed by atoms with Crippen molar-refractivity contribution in [3.05, 3.63) is 71.8 Å². The third-order valence-corrected chi connectivity index (χ3v) is 4.12. The van der Waals surface area contributed by atoms with E-state index in [2.05, 4.69) is 13.8 Å². The Balaban J connectivity index is 1.95. The summed E-state index contributed by atoms with van der Waals surface area (Å²) < 4.78 is 0. The smallest absolute Gasteiger partial charge is 0.290 e. The molecule has 0 N–H and O–H groups in total. The van der Waals surface area contributed by atoms with Crippen molar-refractivity contribution in [2.75, 3.05) is 0 Å². The van der Waals surface area contributed by atoms with E-state index in [4.69, 9.17) is 19.6 Å². The Morgan fingerprint density at radius 3 is 1.54 bits per heavy atom. The SMILES string of the molecule is CC(C)CCC(C)C(OOC(=O)c1ccccc1)OOC(=O)c1ccccc1. The lowest BCUT2D eigenvalue weighted by Gasteiger charge is -2.21. The molecule has 0 spiro atoms. The Morgan fingerprint density at radius 2 is 1.14 bits per heavy atom. The molecule has 28 heavy (non-hydrogen) atoms. The summed E-state index contributed by atoms with van der Waals surface area (Å²) >= 11 is 0. The summed E-state index contributed by atoms with van der Waals surface area (Å²) in [5.74, 6) is -0.990. The molecule has 1 atom stereocenters. The second kappa shape index (κ2) is 11.2. The van der Waals surface area contributed by atoms with Gasteiger partial charge in [0.2, 0.25) is 6.29 Å². The molecule has 0 amide bonds. The molecule has 6 heteroatoms. The maximum absolute atomic E-state index is 12.1. The van der Waals surface area contributed by atoms with Gasteiger partial charge in [0.05, 0.1) is 11.1 Å². The zero-order valence-electron chi connectivity index (χ0n) is 16.4. The molecule has 2 rings (SSSR count). The van der Waals surface area contributed by atoms with Gasteiger partial charge < -0.3 is 0 Å². The first-order valence-corrected chi connectivity index (χ1v) is 9.32. The van der Waals surface area contributed by atoms with E-state index in [-0.39, 0.29) is 5.92 Å². The molecule has 2 aromatic carbocycles. The van der Waals surface area contributed by atoms with Gasteiger partial charge in [0.25, 0.3) is 0 Å². The summed E-state index contributed by atoms with van der Waals surface area (Å²) in [5.41, 5.74) is 0.690. The van der Waals surface area contributed by atoms with Gasteiger partial charge in [-0.2, -0.15) is 0 Å². The zero-order chi connectivity index (χ0) is 20.4. The highest BCUT2D eigenvalue weighted by Gasteiger charge is 2.26. The van der Waals surface area contributed by atoms with Crippen molar-refractivity contribution < 1.29 is 29.1 Å². The molecule has 0 aliphatic heterocycles. The largest absolute Gasteiger partial charge is 0.373 e. The average molecular weight is 386 g/mol. The van der Waals surface area contributed by atoms with Crippen LogP contribution in [0.2, 0.25) is 0 Å². The Morgan fingerprint density at radius 1 is 0.714 bits per heavy atom. The fraction of sp³-hybridized carbons (Fsp3) is 0.364. The quantitative estimate of drug-likeness (QED) is 0.326. The fourth-order valence-electron chi connectivity index (χ4n) is 2.36. The van der Waals surface area contributed by atoms with Crippen LogP contribution in [0.15, 0.2) is 60.7 Å². The van der Waals surface area contributed by atoms with Gasteiger partial charge in [-0.1, -0.05) is 63.6 Å². The van der Waals surface area contributed by atoms with Gasteiger partial charge >= 0.3 is 11.9 Å². The minimum Gasteiger partial charge on any atom is -0.290 e. The molecular formula is C22H26O6. The van der Waals surface area contributed by atoms with Crippen LogP contribution in [-0.2, 0) is 19.6 Å². The number of hydrogen-bond donors (Lipinski definition) is 0. The maximum Gasteiger partial charge on any atom is 0.373 e. The van der Waals surface area contributed by atoms with Crippen molar-refractivity contribution >= 4 is 11.9 Å². The summed E-state index contributed by atoms with van der Waals surface area (Å²) in [5, 5.41) is 0. The highest BCUT2D eigenvalue weighted by atomic mass is 17.3. The number of hydrogen-bond acceptors (Lipinski definition) is 6. The molecule has 0 saturated heterocycles. The monoisotopic (exact) mass is 386 g/mol. The molecule has 1 unspecified atom stereocenters. The second-order valence-corrected chi connectivity index (χ2v) is 6.98. The molecule has 0 aliphatic rings. The lowest BCUT2D eigenvalue weighted by Crippen LogP contribution is -2.28. The Labute approximate surface area is 165 Å². The van der Waals surface area contributed by atoms with Crippen LogP contribution in [0.4, 0.5) is 0 Å². The van der Waals surface area contributed by atoms with E-state index in [1.54, 1.807) is 60.7 Å². The minimum atomic E-state index is -1.04. The topological polar surface area (TPSA) is 71.1 Å². The van der Waals surface area contributed by atoms with E-state index in [0.29, 0.717) is 17.0 Å². The van der Waals surface area contributed by atoms with Crippen LogP contribution >= 0.6 is 0 Å². The van der Waals surface area contributed by atoms with E-state index in [1.807, 2.05) is 6.92 Å². The van der Waals surface area contributed by atoms with Gasteiger partial charge in [0, 0.05) is 5.92 Å². The van der Waals surface area contributed by atoms with Gasteiger partial charge in [0.15, 0.2) is 0 Å². The summed E-state index contributed by atoms with van der Waals surface area (Å²) in [4.78, 5) is 44.4. The number of rotatable bonds is 10. The van der Waals surface area contributed by atoms with Crippen molar-refractivity contribution in [2.24, 2.45) is 11.8 Å². The highest BCUT2D eigenvalue weighted by Crippen LogP contribution is 2.20. The minimum absolute atomic E-state index is 0.172. The predicted molar refractivity (Wildman–Crippen MR) is 103 cm³/mol. The van der Waals surface area contributed by atoms with Crippen LogP contribution in [0.25, 0.3) is 0 Å². The standard InChI is InChI=1S/C22H26O6/c1-16(2)14-15-17(3)22(27-25-20(23)18-10-6-4-7-11-18)28-26-21(24)19-12-8-5-9-13-19/h4-13,16-17,22H,14-15H2,1-3H3. The zero-order valence-corrected chi connectivity index (χ0v) is 16.4. The van der Waals surface area contributed by atoms with E-state index in [0.717, 1.165) is 12.8 Å². The summed E-state index contributed by atoms with van der Waals surface area (Å²) in [6.45, 7) is 6.09. The van der Waals surface area contributed by atoms with Gasteiger partial charge in [-0.15, -0.1) is 9.78 Å². The van der Waals surface area contributed by atoms with E-state index in [1.165, 1.54) is 0 Å². The lowest BCUT2D eigenvalue weighted by molar-refractivity contribution is -0.432. The summed E-state index contributed by atoms with van der Waals surface area (Å²) in [6.07, 6.45) is 0.622. The van der Waals surface area contributed by atoms with Crippen LogP contribution < -0.4 is 0 Å². The Kier molecular flexibility index (Phi) is 8.65. The molecule has 0 radical (unpaired) electrons. The maximum atomic E-state index is 12.1. The van der Waals surface area contributed by atoms with Crippen LogP contribution in [0.3, 0.4) is 0 Å². The average Bonchev–Trinajstić information content (AvgIpc) is 2.72. The van der Waals surface area contributed by atoms with Crippen LogP contribution in [0.1, 0.15) is 54.3 Å². The molecule has 0 heterocycles. The number of carbonyl (C=O) groups is 2. The van der Waals surface area contributed by atoms with E-state index in [9.17, 15) is 9.59 Å². The number of carbonyl (C=O) groups excluding carboxylic acids is 2. The third kappa shape index (κ3) is 7.13. The van der Waals surface area contributed by atoms with Gasteiger partial charge in [-0.25, -0.2) is 9.59 Å². The molecule has 2 aromatic rings. The molecular weight excluding hydrogens is 360 g/mol. The predicted octanol–water partition coefficient (Wildman–Crippen LogP) is 4.96.